The predicted molar refractivity (Wildman–Crippen MR) is 79.8 cm³/mol. The topological polar surface area (TPSA) is 68.3 Å². The molecule has 0 spiro atoms. The molecule has 3 N–H and O–H groups in total. The van der Waals surface area contributed by atoms with Crippen LogP contribution in [-0.4, -0.2) is 5.91 Å². The van der Waals surface area contributed by atoms with E-state index in [0.717, 1.165) is 30.6 Å². The summed E-state index contributed by atoms with van der Waals surface area (Å²) in [6.07, 6.45) is 4.72. The van der Waals surface area contributed by atoms with Crippen LogP contribution in [0.2, 0.25) is 0 Å². The fourth-order valence-electron chi connectivity index (χ4n) is 2.69. The van der Waals surface area contributed by atoms with Crippen LogP contribution in [0, 0.1) is 5.92 Å². The van der Waals surface area contributed by atoms with Crippen molar-refractivity contribution in [3.8, 4) is 0 Å². The molecule has 0 saturated heterocycles. The molecule has 1 amide bonds. The Labute approximate surface area is 122 Å². The minimum atomic E-state index is -0.0917. The maximum absolute atomic E-state index is 12.3. The number of hydrogen-bond acceptors (Lipinski definition) is 4. The van der Waals surface area contributed by atoms with Gasteiger partial charge in [-0.05, 0) is 42.9 Å². The van der Waals surface area contributed by atoms with Crippen LogP contribution in [0.15, 0.2) is 22.8 Å². The summed E-state index contributed by atoms with van der Waals surface area (Å²) in [5.41, 5.74) is 7.89. The Hall–Kier alpha value is -1.75. The molecule has 2 aromatic heterocycles. The normalized spacial score (nSPS) is 17.8. The number of furan rings is 1. The van der Waals surface area contributed by atoms with Crippen molar-refractivity contribution in [3.05, 3.63) is 40.2 Å². The molecule has 106 valence electrons. The molecule has 1 aliphatic carbocycles. The van der Waals surface area contributed by atoms with Crippen LogP contribution in [0.25, 0.3) is 0 Å². The number of thiophene rings is 1. The van der Waals surface area contributed by atoms with E-state index in [9.17, 15) is 4.79 Å². The van der Waals surface area contributed by atoms with E-state index in [2.05, 4.69) is 12.2 Å². The average molecular weight is 290 g/mol. The van der Waals surface area contributed by atoms with E-state index in [4.69, 9.17) is 10.2 Å². The molecule has 0 radical (unpaired) electrons. The first-order valence-electron chi connectivity index (χ1n) is 6.85. The molecule has 2 aromatic rings. The van der Waals surface area contributed by atoms with E-state index >= 15 is 0 Å². The number of anilines is 1. The Kier molecular flexibility index (Phi) is 3.53. The monoisotopic (exact) mass is 290 g/mol. The molecular weight excluding hydrogens is 272 g/mol. The van der Waals surface area contributed by atoms with Crippen LogP contribution in [0.1, 0.15) is 39.9 Å². The Morgan fingerprint density at radius 2 is 2.45 bits per heavy atom. The smallest absolute Gasteiger partial charge is 0.254 e. The number of carbonyl (C=O) groups is 1. The number of nitrogen functional groups attached to an aromatic ring is 1. The highest BCUT2D eigenvalue weighted by Crippen LogP contribution is 2.37. The highest BCUT2D eigenvalue weighted by molar-refractivity contribution is 7.16. The zero-order valence-corrected chi connectivity index (χ0v) is 12.3. The van der Waals surface area contributed by atoms with Gasteiger partial charge in [0.15, 0.2) is 0 Å². The summed E-state index contributed by atoms with van der Waals surface area (Å²) in [4.78, 5) is 13.6. The Morgan fingerprint density at radius 1 is 1.60 bits per heavy atom. The quantitative estimate of drug-likeness (QED) is 0.913. The molecule has 2 heterocycles. The molecule has 20 heavy (non-hydrogen) atoms. The van der Waals surface area contributed by atoms with Gasteiger partial charge in [-0.1, -0.05) is 6.92 Å². The van der Waals surface area contributed by atoms with Crippen molar-refractivity contribution in [2.24, 2.45) is 5.92 Å². The maximum atomic E-state index is 12.3. The fraction of sp³-hybridized carbons (Fsp3) is 0.400. The number of nitrogens with two attached hydrogens (primary N) is 1. The Morgan fingerprint density at radius 3 is 3.20 bits per heavy atom. The predicted octanol–water partition coefficient (Wildman–Crippen LogP) is 2.98. The summed E-state index contributed by atoms with van der Waals surface area (Å²) in [5, 5.41) is 3.52. The van der Waals surface area contributed by atoms with Gasteiger partial charge < -0.3 is 15.5 Å². The summed E-state index contributed by atoms with van der Waals surface area (Å²) >= 11 is 1.57. The number of fused-ring (bicyclic) bond motifs is 1. The molecule has 5 heteroatoms. The first kappa shape index (κ1) is 13.2. The second-order valence-corrected chi connectivity index (χ2v) is 6.49. The lowest BCUT2D eigenvalue weighted by Gasteiger charge is -2.18. The number of nitrogens with one attached hydrogen (secondary N) is 1. The zero-order valence-electron chi connectivity index (χ0n) is 11.4. The molecule has 0 unspecified atom stereocenters. The molecule has 0 saturated carbocycles. The lowest BCUT2D eigenvalue weighted by atomic mass is 9.88. The van der Waals surface area contributed by atoms with Gasteiger partial charge in [0.25, 0.3) is 5.91 Å². The summed E-state index contributed by atoms with van der Waals surface area (Å²) in [7, 11) is 0. The third-order valence-corrected chi connectivity index (χ3v) is 4.85. The first-order chi connectivity index (χ1) is 9.65. The van der Waals surface area contributed by atoms with Crippen molar-refractivity contribution in [3.63, 3.8) is 0 Å². The number of rotatable bonds is 3. The maximum Gasteiger partial charge on any atom is 0.254 e. The van der Waals surface area contributed by atoms with Crippen molar-refractivity contribution >= 4 is 22.2 Å². The van der Waals surface area contributed by atoms with Gasteiger partial charge in [-0.25, -0.2) is 0 Å². The van der Waals surface area contributed by atoms with Gasteiger partial charge in [-0.3, -0.25) is 4.79 Å². The SMILES string of the molecule is C[C@@H]1CCc2c(sc(N)c2C(=O)NCc2ccco2)C1. The number of carbonyl (C=O) groups excluding carboxylic acids is 1. The van der Waals surface area contributed by atoms with Gasteiger partial charge in [-0.2, -0.15) is 0 Å². The molecule has 4 nitrogen and oxygen atoms in total. The molecule has 3 rings (SSSR count). The van der Waals surface area contributed by atoms with E-state index in [1.54, 1.807) is 17.6 Å². The van der Waals surface area contributed by atoms with Crippen molar-refractivity contribution < 1.29 is 9.21 Å². The van der Waals surface area contributed by atoms with E-state index in [1.807, 2.05) is 12.1 Å². The molecule has 0 aromatic carbocycles. The zero-order chi connectivity index (χ0) is 14.1. The minimum Gasteiger partial charge on any atom is -0.467 e. The van der Waals surface area contributed by atoms with Crippen LogP contribution in [0.4, 0.5) is 5.00 Å². The summed E-state index contributed by atoms with van der Waals surface area (Å²) < 4.78 is 5.21. The van der Waals surface area contributed by atoms with Crippen molar-refractivity contribution in [2.75, 3.05) is 5.73 Å². The molecule has 0 bridgehead atoms. The molecule has 0 aliphatic heterocycles. The van der Waals surface area contributed by atoms with E-state index in [0.29, 0.717) is 23.0 Å². The molecule has 0 fully saturated rings. The molecular formula is C15H18N2O2S. The number of hydrogen-bond donors (Lipinski definition) is 2. The summed E-state index contributed by atoms with van der Waals surface area (Å²) in [6, 6.07) is 3.65. The Bertz CT molecular complexity index is 616. The fourth-order valence-corrected chi connectivity index (χ4v) is 3.97. The highest BCUT2D eigenvalue weighted by atomic mass is 32.1. The third-order valence-electron chi connectivity index (χ3n) is 3.77. The third kappa shape index (κ3) is 2.45. The second kappa shape index (κ2) is 5.32. The Balaban J connectivity index is 1.78. The van der Waals surface area contributed by atoms with Crippen molar-refractivity contribution in [1.82, 2.24) is 5.32 Å². The summed E-state index contributed by atoms with van der Waals surface area (Å²) in [6.45, 7) is 2.64. The van der Waals surface area contributed by atoms with E-state index in [1.165, 1.54) is 4.88 Å². The minimum absolute atomic E-state index is 0.0917. The van der Waals surface area contributed by atoms with Gasteiger partial charge in [0.2, 0.25) is 0 Å². The van der Waals surface area contributed by atoms with Gasteiger partial charge in [-0.15, -0.1) is 11.3 Å². The molecule has 1 atom stereocenters. The highest BCUT2D eigenvalue weighted by Gasteiger charge is 2.26. The number of amides is 1. The first-order valence-corrected chi connectivity index (χ1v) is 7.67. The standard InChI is InChI=1S/C15H18N2O2S/c1-9-4-5-11-12(7-9)20-14(16)13(11)15(18)17-8-10-3-2-6-19-10/h2-3,6,9H,4-5,7-8,16H2,1H3,(H,17,18)/t9-/m1/s1. The van der Waals surface area contributed by atoms with Crippen LogP contribution in [0.5, 0.6) is 0 Å². The molecule has 1 aliphatic rings. The lowest BCUT2D eigenvalue weighted by Crippen LogP contribution is -2.25. The van der Waals surface area contributed by atoms with Gasteiger partial charge in [0, 0.05) is 4.88 Å². The van der Waals surface area contributed by atoms with Crippen LogP contribution < -0.4 is 11.1 Å². The van der Waals surface area contributed by atoms with Gasteiger partial charge in [0.05, 0.1) is 23.4 Å². The van der Waals surface area contributed by atoms with E-state index in [-0.39, 0.29) is 5.91 Å². The largest absolute Gasteiger partial charge is 0.467 e. The van der Waals surface area contributed by atoms with Crippen LogP contribution in [0.3, 0.4) is 0 Å². The van der Waals surface area contributed by atoms with Gasteiger partial charge >= 0.3 is 0 Å². The second-order valence-electron chi connectivity index (χ2n) is 5.35. The van der Waals surface area contributed by atoms with Gasteiger partial charge in [0.1, 0.15) is 5.76 Å². The van der Waals surface area contributed by atoms with Crippen molar-refractivity contribution in [1.29, 1.82) is 0 Å². The summed E-state index contributed by atoms with van der Waals surface area (Å²) in [5.74, 6) is 1.33. The average Bonchev–Trinajstić information content (AvgIpc) is 3.02. The van der Waals surface area contributed by atoms with Crippen LogP contribution >= 0.6 is 11.3 Å². The van der Waals surface area contributed by atoms with Crippen molar-refractivity contribution in [2.45, 2.75) is 32.7 Å². The van der Waals surface area contributed by atoms with Crippen LogP contribution in [-0.2, 0) is 19.4 Å². The lowest BCUT2D eigenvalue weighted by molar-refractivity contribution is 0.0948. The van der Waals surface area contributed by atoms with E-state index < -0.39 is 0 Å².